The summed E-state index contributed by atoms with van der Waals surface area (Å²) in [4.78, 5) is 14.8. The van der Waals surface area contributed by atoms with E-state index in [2.05, 4.69) is 10.2 Å². The Morgan fingerprint density at radius 1 is 1.11 bits per heavy atom. The summed E-state index contributed by atoms with van der Waals surface area (Å²) in [6, 6.07) is 13.4. The van der Waals surface area contributed by atoms with Gasteiger partial charge in [0.05, 0.1) is 6.61 Å². The number of carbonyl (C=O) groups is 1. The number of ether oxygens (including phenoxy) is 1. The third kappa shape index (κ3) is 5.63. The number of amides is 1. The van der Waals surface area contributed by atoms with Crippen LogP contribution in [0.15, 0.2) is 42.5 Å². The van der Waals surface area contributed by atoms with Crippen molar-refractivity contribution in [1.82, 2.24) is 10.2 Å². The number of nitrogens with one attached hydrogen (secondary N) is 1. The van der Waals surface area contributed by atoms with Crippen LogP contribution in [0.25, 0.3) is 0 Å². The van der Waals surface area contributed by atoms with Crippen LogP contribution in [0.5, 0.6) is 5.75 Å². The molecule has 1 aliphatic heterocycles. The summed E-state index contributed by atoms with van der Waals surface area (Å²) in [6.07, 6.45) is 1.69. The van der Waals surface area contributed by atoms with E-state index in [1.165, 1.54) is 0 Å². The highest BCUT2D eigenvalue weighted by molar-refractivity contribution is 6.35. The van der Waals surface area contributed by atoms with Gasteiger partial charge in [-0.2, -0.15) is 0 Å². The molecule has 1 fully saturated rings. The minimum atomic E-state index is 0.0562. The number of benzene rings is 2. The zero-order chi connectivity index (χ0) is 19.9. The molecule has 6 heteroatoms. The van der Waals surface area contributed by atoms with Crippen LogP contribution in [0, 0.1) is 5.92 Å². The zero-order valence-corrected chi connectivity index (χ0v) is 17.6. The van der Waals surface area contributed by atoms with Gasteiger partial charge in [-0.3, -0.25) is 9.69 Å². The lowest BCUT2D eigenvalue weighted by Gasteiger charge is -2.31. The van der Waals surface area contributed by atoms with Crippen LogP contribution in [0.4, 0.5) is 0 Å². The van der Waals surface area contributed by atoms with Gasteiger partial charge in [0.1, 0.15) is 5.75 Å². The summed E-state index contributed by atoms with van der Waals surface area (Å²) < 4.78 is 5.44. The molecule has 0 aromatic heterocycles. The number of piperidine rings is 1. The second kappa shape index (κ2) is 10.1. The van der Waals surface area contributed by atoms with Crippen LogP contribution in [0.1, 0.15) is 30.9 Å². The monoisotopic (exact) mass is 420 g/mol. The molecule has 0 unspecified atom stereocenters. The Morgan fingerprint density at radius 3 is 2.36 bits per heavy atom. The second-order valence-corrected chi connectivity index (χ2v) is 7.86. The van der Waals surface area contributed by atoms with Crippen molar-refractivity contribution in [3.8, 4) is 5.75 Å². The number of nitrogens with zero attached hydrogens (tertiary/aromatic N) is 1. The number of halogens is 2. The zero-order valence-electron chi connectivity index (χ0n) is 16.1. The van der Waals surface area contributed by atoms with Gasteiger partial charge in [0, 0.05) is 34.6 Å². The van der Waals surface area contributed by atoms with Gasteiger partial charge in [0.15, 0.2) is 0 Å². The first-order chi connectivity index (χ1) is 13.6. The highest BCUT2D eigenvalue weighted by atomic mass is 35.5. The fourth-order valence-electron chi connectivity index (χ4n) is 3.46. The van der Waals surface area contributed by atoms with Crippen molar-refractivity contribution in [3.63, 3.8) is 0 Å². The van der Waals surface area contributed by atoms with E-state index >= 15 is 0 Å². The van der Waals surface area contributed by atoms with Gasteiger partial charge < -0.3 is 10.1 Å². The summed E-state index contributed by atoms with van der Waals surface area (Å²) in [6.45, 7) is 5.60. The highest BCUT2D eigenvalue weighted by Crippen LogP contribution is 2.27. The van der Waals surface area contributed by atoms with Gasteiger partial charge in [0.2, 0.25) is 5.91 Å². The van der Waals surface area contributed by atoms with E-state index in [4.69, 9.17) is 27.9 Å². The average Bonchev–Trinajstić information content (AvgIpc) is 2.71. The summed E-state index contributed by atoms with van der Waals surface area (Å²) in [5.41, 5.74) is 2.03. The molecule has 150 valence electrons. The van der Waals surface area contributed by atoms with Crippen molar-refractivity contribution >= 4 is 29.1 Å². The number of carbonyl (C=O) groups excluding carboxylic acids is 1. The predicted octanol–water partition coefficient (Wildman–Crippen LogP) is 4.92. The van der Waals surface area contributed by atoms with E-state index in [-0.39, 0.29) is 11.8 Å². The lowest BCUT2D eigenvalue weighted by molar-refractivity contribution is -0.126. The van der Waals surface area contributed by atoms with Crippen LogP contribution in [-0.4, -0.2) is 30.5 Å². The predicted molar refractivity (Wildman–Crippen MR) is 114 cm³/mol. The fourth-order valence-corrected chi connectivity index (χ4v) is 3.98. The molecule has 0 aliphatic carbocycles. The van der Waals surface area contributed by atoms with Gasteiger partial charge in [-0.15, -0.1) is 0 Å². The number of hydrogen-bond donors (Lipinski definition) is 1. The summed E-state index contributed by atoms with van der Waals surface area (Å²) in [5.74, 6) is 1.04. The third-order valence-electron chi connectivity index (χ3n) is 5.10. The van der Waals surface area contributed by atoms with Crippen LogP contribution in [-0.2, 0) is 17.9 Å². The molecule has 0 spiro atoms. The summed E-state index contributed by atoms with van der Waals surface area (Å²) in [7, 11) is 0. The van der Waals surface area contributed by atoms with E-state index < -0.39 is 0 Å². The van der Waals surface area contributed by atoms with Crippen molar-refractivity contribution in [2.45, 2.75) is 32.9 Å². The Hall–Kier alpha value is -1.75. The van der Waals surface area contributed by atoms with Crippen molar-refractivity contribution < 1.29 is 9.53 Å². The van der Waals surface area contributed by atoms with E-state index in [1.54, 1.807) is 0 Å². The maximum atomic E-state index is 12.5. The van der Waals surface area contributed by atoms with Crippen molar-refractivity contribution in [3.05, 3.63) is 63.6 Å². The molecule has 1 amide bonds. The molecule has 0 radical (unpaired) electrons. The van der Waals surface area contributed by atoms with Crippen LogP contribution >= 0.6 is 23.2 Å². The minimum absolute atomic E-state index is 0.0562. The first kappa shape index (κ1) is 21.0. The number of rotatable bonds is 7. The van der Waals surface area contributed by atoms with Crippen LogP contribution in [0.2, 0.25) is 10.0 Å². The Kier molecular flexibility index (Phi) is 7.60. The van der Waals surface area contributed by atoms with E-state index in [0.29, 0.717) is 23.2 Å². The first-order valence-electron chi connectivity index (χ1n) is 9.71. The van der Waals surface area contributed by atoms with Crippen molar-refractivity contribution in [2.24, 2.45) is 5.92 Å². The normalized spacial score (nSPS) is 15.4. The minimum Gasteiger partial charge on any atom is -0.494 e. The quantitative estimate of drug-likeness (QED) is 0.690. The Balaban J connectivity index is 1.44. The largest absolute Gasteiger partial charge is 0.494 e. The molecule has 1 N–H and O–H groups in total. The third-order valence-corrected chi connectivity index (χ3v) is 5.81. The molecule has 0 bridgehead atoms. The molecule has 0 saturated carbocycles. The van der Waals surface area contributed by atoms with Crippen molar-refractivity contribution in [1.29, 1.82) is 0 Å². The maximum Gasteiger partial charge on any atom is 0.223 e. The number of hydrogen-bond acceptors (Lipinski definition) is 3. The molecule has 4 nitrogen and oxygen atoms in total. The number of likely N-dealkylation sites (tertiary alicyclic amines) is 1. The first-order valence-corrected chi connectivity index (χ1v) is 10.5. The Morgan fingerprint density at radius 2 is 1.75 bits per heavy atom. The Bertz CT molecular complexity index is 767. The summed E-state index contributed by atoms with van der Waals surface area (Å²) >= 11 is 12.5. The average molecular weight is 421 g/mol. The smallest absolute Gasteiger partial charge is 0.223 e. The SMILES string of the molecule is CCOc1ccc(CNC(=O)C2CCN(Cc3c(Cl)cccc3Cl)CC2)cc1. The molecule has 28 heavy (non-hydrogen) atoms. The molecule has 2 aromatic carbocycles. The van der Waals surface area contributed by atoms with Gasteiger partial charge in [-0.05, 0) is 62.7 Å². The Labute approximate surface area is 176 Å². The van der Waals surface area contributed by atoms with Crippen LogP contribution in [0.3, 0.4) is 0 Å². The molecule has 1 heterocycles. The molecular formula is C22H26Cl2N2O2. The molecule has 2 aromatic rings. The second-order valence-electron chi connectivity index (χ2n) is 7.05. The fraction of sp³-hybridized carbons (Fsp3) is 0.409. The van der Waals surface area contributed by atoms with Crippen LogP contribution < -0.4 is 10.1 Å². The molecule has 1 saturated heterocycles. The van der Waals surface area contributed by atoms with Gasteiger partial charge in [-0.25, -0.2) is 0 Å². The lowest BCUT2D eigenvalue weighted by Crippen LogP contribution is -2.40. The molecule has 3 rings (SSSR count). The van der Waals surface area contributed by atoms with Gasteiger partial charge in [0.25, 0.3) is 0 Å². The van der Waals surface area contributed by atoms with Crippen molar-refractivity contribution in [2.75, 3.05) is 19.7 Å². The molecular weight excluding hydrogens is 395 g/mol. The topological polar surface area (TPSA) is 41.6 Å². The molecule has 0 atom stereocenters. The van der Waals surface area contributed by atoms with Gasteiger partial charge >= 0.3 is 0 Å². The van der Waals surface area contributed by atoms with E-state index in [1.807, 2.05) is 49.4 Å². The van der Waals surface area contributed by atoms with Gasteiger partial charge in [-0.1, -0.05) is 41.4 Å². The lowest BCUT2D eigenvalue weighted by atomic mass is 9.95. The summed E-state index contributed by atoms with van der Waals surface area (Å²) in [5, 5.41) is 4.46. The molecule has 1 aliphatic rings. The van der Waals surface area contributed by atoms with E-state index in [0.717, 1.165) is 49.4 Å². The maximum absolute atomic E-state index is 12.5. The van der Waals surface area contributed by atoms with E-state index in [9.17, 15) is 4.79 Å². The standard InChI is InChI=1S/C22H26Cl2N2O2/c1-2-28-18-8-6-16(7-9-18)14-25-22(27)17-10-12-26(13-11-17)15-19-20(23)4-3-5-21(19)24/h3-9,17H,2,10-15H2,1H3,(H,25,27). The highest BCUT2D eigenvalue weighted by Gasteiger charge is 2.25.